The Balaban J connectivity index is 2.56. The van der Waals surface area contributed by atoms with Gasteiger partial charge in [0.1, 0.15) is 5.69 Å². The van der Waals surface area contributed by atoms with E-state index in [1.807, 2.05) is 6.92 Å². The van der Waals surface area contributed by atoms with E-state index in [9.17, 15) is 4.79 Å². The van der Waals surface area contributed by atoms with Gasteiger partial charge >= 0.3 is 0 Å². The second-order valence-corrected chi connectivity index (χ2v) is 5.44. The van der Waals surface area contributed by atoms with Gasteiger partial charge in [0.15, 0.2) is 0 Å². The van der Waals surface area contributed by atoms with Crippen molar-refractivity contribution in [2.75, 3.05) is 6.54 Å². The summed E-state index contributed by atoms with van der Waals surface area (Å²) in [5.74, 6) is -0.155. The summed E-state index contributed by atoms with van der Waals surface area (Å²) >= 11 is 0. The van der Waals surface area contributed by atoms with Crippen LogP contribution in [0.5, 0.6) is 0 Å². The van der Waals surface area contributed by atoms with Gasteiger partial charge in [-0.25, -0.2) is 0 Å². The molecule has 0 saturated heterocycles. The number of aromatic nitrogens is 2. The fraction of sp³-hybridized carbons (Fsp3) is 0.667. The van der Waals surface area contributed by atoms with E-state index in [4.69, 9.17) is 5.73 Å². The molecule has 1 amide bonds. The van der Waals surface area contributed by atoms with Crippen molar-refractivity contribution >= 4 is 5.91 Å². The number of carbonyl (C=O) groups excluding carboxylic acids is 1. The lowest BCUT2D eigenvalue weighted by atomic mass is 9.92. The molecule has 5 nitrogen and oxygen atoms in total. The second-order valence-electron chi connectivity index (χ2n) is 5.44. The number of hydrogen-bond donors (Lipinski definition) is 3. The summed E-state index contributed by atoms with van der Waals surface area (Å²) in [4.78, 5) is 11.7. The summed E-state index contributed by atoms with van der Waals surface area (Å²) in [6, 6.07) is 1.89. The first-order valence-electron chi connectivity index (χ1n) is 5.90. The lowest BCUT2D eigenvalue weighted by Crippen LogP contribution is -2.29. The minimum atomic E-state index is -0.155. The average molecular weight is 238 g/mol. The van der Waals surface area contributed by atoms with Crippen LogP contribution in [0.4, 0.5) is 0 Å². The lowest BCUT2D eigenvalue weighted by molar-refractivity contribution is 0.0948. The molecular formula is C12H22N4O. The Hall–Kier alpha value is -1.36. The number of nitrogens with one attached hydrogen (secondary N) is 2. The van der Waals surface area contributed by atoms with E-state index in [0.717, 1.165) is 12.1 Å². The molecule has 4 N–H and O–H groups in total. The number of nitrogens with zero attached hydrogens (tertiary/aromatic N) is 1. The van der Waals surface area contributed by atoms with E-state index in [-0.39, 0.29) is 17.4 Å². The zero-order valence-electron chi connectivity index (χ0n) is 11.0. The standard InChI is InChI=1S/C12H22N4O/c1-8(13)5-6-14-11(17)9-7-10(16-15-9)12(2,3)4/h7-8H,5-6,13H2,1-4H3,(H,14,17)(H,15,16). The highest BCUT2D eigenvalue weighted by molar-refractivity contribution is 5.92. The minimum Gasteiger partial charge on any atom is -0.351 e. The molecule has 1 atom stereocenters. The van der Waals surface area contributed by atoms with Crippen molar-refractivity contribution in [1.29, 1.82) is 0 Å². The third-order valence-electron chi connectivity index (χ3n) is 2.50. The van der Waals surface area contributed by atoms with E-state index in [0.29, 0.717) is 12.2 Å². The summed E-state index contributed by atoms with van der Waals surface area (Å²) in [5, 5.41) is 9.70. The van der Waals surface area contributed by atoms with Crippen LogP contribution in [0.1, 0.15) is 50.3 Å². The largest absolute Gasteiger partial charge is 0.351 e. The highest BCUT2D eigenvalue weighted by atomic mass is 16.1. The SMILES string of the molecule is CC(N)CCNC(=O)c1cc(C(C)(C)C)[nH]n1. The Morgan fingerprint density at radius 3 is 2.71 bits per heavy atom. The smallest absolute Gasteiger partial charge is 0.271 e. The van der Waals surface area contributed by atoms with Gasteiger partial charge < -0.3 is 11.1 Å². The molecule has 1 aromatic rings. The maximum atomic E-state index is 11.7. The van der Waals surface area contributed by atoms with Gasteiger partial charge in [0.2, 0.25) is 0 Å². The summed E-state index contributed by atoms with van der Waals surface area (Å²) in [6.45, 7) is 8.70. The predicted octanol–water partition coefficient (Wildman–Crippen LogP) is 1.17. The average Bonchev–Trinajstić information content (AvgIpc) is 2.64. The van der Waals surface area contributed by atoms with Crippen LogP contribution in [0, 0.1) is 0 Å². The van der Waals surface area contributed by atoms with Gasteiger partial charge in [0.05, 0.1) is 0 Å². The first kappa shape index (κ1) is 13.7. The van der Waals surface area contributed by atoms with Crippen molar-refractivity contribution in [1.82, 2.24) is 15.5 Å². The molecule has 0 saturated carbocycles. The van der Waals surface area contributed by atoms with Gasteiger partial charge in [-0.05, 0) is 19.4 Å². The first-order valence-corrected chi connectivity index (χ1v) is 5.90. The molecule has 0 aliphatic carbocycles. The number of rotatable bonds is 4. The van der Waals surface area contributed by atoms with Crippen LogP contribution in [-0.2, 0) is 5.41 Å². The summed E-state index contributed by atoms with van der Waals surface area (Å²) in [7, 11) is 0. The molecule has 5 heteroatoms. The van der Waals surface area contributed by atoms with E-state index in [1.54, 1.807) is 6.07 Å². The van der Waals surface area contributed by atoms with Gasteiger partial charge in [-0.3, -0.25) is 9.89 Å². The molecule has 1 aromatic heterocycles. The predicted molar refractivity (Wildman–Crippen MR) is 67.9 cm³/mol. The molecule has 96 valence electrons. The number of carbonyl (C=O) groups is 1. The van der Waals surface area contributed by atoms with Gasteiger partial charge in [0.25, 0.3) is 5.91 Å². The number of amides is 1. The van der Waals surface area contributed by atoms with Gasteiger partial charge in [-0.2, -0.15) is 5.10 Å². The molecule has 0 spiro atoms. The maximum Gasteiger partial charge on any atom is 0.271 e. The van der Waals surface area contributed by atoms with Crippen LogP contribution < -0.4 is 11.1 Å². The van der Waals surface area contributed by atoms with Gasteiger partial charge in [0, 0.05) is 23.7 Å². The zero-order chi connectivity index (χ0) is 13.1. The monoisotopic (exact) mass is 238 g/mol. The third-order valence-corrected chi connectivity index (χ3v) is 2.50. The molecule has 1 heterocycles. The van der Waals surface area contributed by atoms with E-state index in [2.05, 4.69) is 36.3 Å². The summed E-state index contributed by atoms with van der Waals surface area (Å²) in [6.07, 6.45) is 0.766. The molecule has 0 bridgehead atoms. The molecular weight excluding hydrogens is 216 g/mol. The molecule has 0 aromatic carbocycles. The van der Waals surface area contributed by atoms with Crippen molar-refractivity contribution in [2.45, 2.75) is 45.6 Å². The topological polar surface area (TPSA) is 83.8 Å². The Morgan fingerprint density at radius 1 is 1.59 bits per heavy atom. The van der Waals surface area contributed by atoms with Crippen molar-refractivity contribution < 1.29 is 4.79 Å². The van der Waals surface area contributed by atoms with Crippen molar-refractivity contribution in [2.24, 2.45) is 5.73 Å². The van der Waals surface area contributed by atoms with Crippen LogP contribution in [0.3, 0.4) is 0 Å². The Kier molecular flexibility index (Phi) is 4.28. The quantitative estimate of drug-likeness (QED) is 0.736. The summed E-state index contributed by atoms with van der Waals surface area (Å²) < 4.78 is 0. The fourth-order valence-corrected chi connectivity index (χ4v) is 1.33. The Morgan fingerprint density at radius 2 is 2.24 bits per heavy atom. The molecule has 0 radical (unpaired) electrons. The van der Waals surface area contributed by atoms with Crippen LogP contribution in [0.2, 0.25) is 0 Å². The summed E-state index contributed by atoms with van der Waals surface area (Å²) in [5.41, 5.74) is 6.96. The van der Waals surface area contributed by atoms with E-state index >= 15 is 0 Å². The van der Waals surface area contributed by atoms with Crippen LogP contribution in [-0.4, -0.2) is 28.7 Å². The molecule has 17 heavy (non-hydrogen) atoms. The first-order chi connectivity index (χ1) is 7.80. The maximum absolute atomic E-state index is 11.7. The Bertz CT molecular complexity index is 376. The molecule has 0 aliphatic heterocycles. The normalized spacial score (nSPS) is 13.5. The van der Waals surface area contributed by atoms with E-state index in [1.165, 1.54) is 0 Å². The van der Waals surface area contributed by atoms with Crippen LogP contribution in [0.25, 0.3) is 0 Å². The molecule has 0 aliphatic rings. The molecule has 0 fully saturated rings. The Labute approximate surface area is 102 Å². The highest BCUT2D eigenvalue weighted by Gasteiger charge is 2.19. The fourth-order valence-electron chi connectivity index (χ4n) is 1.33. The highest BCUT2D eigenvalue weighted by Crippen LogP contribution is 2.20. The van der Waals surface area contributed by atoms with Crippen LogP contribution >= 0.6 is 0 Å². The third kappa shape index (κ3) is 4.19. The lowest BCUT2D eigenvalue weighted by Gasteiger charge is -2.14. The van der Waals surface area contributed by atoms with Gasteiger partial charge in [-0.1, -0.05) is 20.8 Å². The number of hydrogen-bond acceptors (Lipinski definition) is 3. The van der Waals surface area contributed by atoms with Crippen molar-refractivity contribution in [3.63, 3.8) is 0 Å². The number of H-pyrrole nitrogens is 1. The van der Waals surface area contributed by atoms with Crippen LogP contribution in [0.15, 0.2) is 6.07 Å². The number of nitrogens with two attached hydrogens (primary N) is 1. The van der Waals surface area contributed by atoms with E-state index < -0.39 is 0 Å². The van der Waals surface area contributed by atoms with Crippen molar-refractivity contribution in [3.05, 3.63) is 17.5 Å². The van der Waals surface area contributed by atoms with Crippen molar-refractivity contribution in [3.8, 4) is 0 Å². The molecule has 1 rings (SSSR count). The molecule has 1 unspecified atom stereocenters. The second kappa shape index (κ2) is 5.31. The zero-order valence-corrected chi connectivity index (χ0v) is 11.0. The minimum absolute atomic E-state index is 0.0305. The van der Waals surface area contributed by atoms with Gasteiger partial charge in [-0.15, -0.1) is 0 Å². The number of aromatic amines is 1.